The predicted molar refractivity (Wildman–Crippen MR) is 60.1 cm³/mol. The van der Waals surface area contributed by atoms with Gasteiger partial charge in [0.15, 0.2) is 0 Å². The minimum Gasteiger partial charge on any atom is -0.319 e. The summed E-state index contributed by atoms with van der Waals surface area (Å²) in [6.45, 7) is 0. The third kappa shape index (κ3) is 2.00. The van der Waals surface area contributed by atoms with Gasteiger partial charge < -0.3 is 5.73 Å². The maximum atomic E-state index is 6.01. The number of aromatic nitrogens is 2. The van der Waals surface area contributed by atoms with Crippen molar-refractivity contribution in [3.05, 3.63) is 45.6 Å². The van der Waals surface area contributed by atoms with Gasteiger partial charge in [0.25, 0.3) is 0 Å². The zero-order chi connectivity index (χ0) is 9.97. The Labute approximate surface area is 94.3 Å². The molecule has 2 aromatic heterocycles. The second kappa shape index (κ2) is 4.16. The van der Waals surface area contributed by atoms with Crippen LogP contribution >= 0.6 is 27.5 Å². The zero-order valence-electron chi connectivity index (χ0n) is 7.22. The Kier molecular flexibility index (Phi) is 2.90. The van der Waals surface area contributed by atoms with Crippen LogP contribution in [0.2, 0.25) is 0 Å². The molecule has 1 unspecified atom stereocenters. The lowest BCUT2D eigenvalue weighted by molar-refractivity contribution is 0.838. The van der Waals surface area contributed by atoms with E-state index in [0.717, 1.165) is 15.7 Å². The first kappa shape index (κ1) is 9.76. The number of pyridine rings is 1. The second-order valence-electron chi connectivity index (χ2n) is 2.84. The molecule has 0 aliphatic heterocycles. The average Bonchev–Trinajstić information content (AvgIpc) is 2.69. The minimum atomic E-state index is -0.189. The van der Waals surface area contributed by atoms with Gasteiger partial charge in [-0.15, -0.1) is 0 Å². The third-order valence-electron chi connectivity index (χ3n) is 1.86. The summed E-state index contributed by atoms with van der Waals surface area (Å²) in [5.41, 5.74) is 7.86. The number of hydrogen-bond acceptors (Lipinski definition) is 4. The molecule has 0 saturated heterocycles. The van der Waals surface area contributed by atoms with Crippen LogP contribution in [0.4, 0.5) is 0 Å². The Balaban J connectivity index is 2.32. The van der Waals surface area contributed by atoms with E-state index in [1.54, 1.807) is 12.4 Å². The first-order valence-electron chi connectivity index (χ1n) is 4.03. The van der Waals surface area contributed by atoms with Crippen LogP contribution in [-0.2, 0) is 0 Å². The summed E-state index contributed by atoms with van der Waals surface area (Å²) in [6.07, 6.45) is 3.49. The largest absolute Gasteiger partial charge is 0.319 e. The summed E-state index contributed by atoms with van der Waals surface area (Å²) in [4.78, 5) is 4.06. The lowest BCUT2D eigenvalue weighted by Crippen LogP contribution is -2.12. The molecule has 72 valence electrons. The van der Waals surface area contributed by atoms with E-state index in [4.69, 9.17) is 5.73 Å². The van der Waals surface area contributed by atoms with Gasteiger partial charge in [-0.3, -0.25) is 4.98 Å². The Morgan fingerprint density at radius 1 is 1.43 bits per heavy atom. The van der Waals surface area contributed by atoms with Gasteiger partial charge >= 0.3 is 0 Å². The highest BCUT2D eigenvalue weighted by molar-refractivity contribution is 9.10. The third-order valence-corrected chi connectivity index (χ3v) is 2.87. The van der Waals surface area contributed by atoms with Crippen LogP contribution in [0.1, 0.15) is 17.3 Å². The van der Waals surface area contributed by atoms with Gasteiger partial charge in [-0.05, 0) is 45.2 Å². The molecular formula is C9H8BrN3S. The average molecular weight is 270 g/mol. The quantitative estimate of drug-likeness (QED) is 0.911. The van der Waals surface area contributed by atoms with Crippen molar-refractivity contribution in [1.29, 1.82) is 0 Å². The van der Waals surface area contributed by atoms with Crippen molar-refractivity contribution in [2.75, 3.05) is 0 Å². The zero-order valence-corrected chi connectivity index (χ0v) is 9.62. The smallest absolute Gasteiger partial charge is 0.0755 e. The standard InChI is InChI=1S/C9H8BrN3S/c10-7-3-6(4-12-5-7)9(11)8-1-2-14-13-8/h1-5,9H,11H2. The highest BCUT2D eigenvalue weighted by Gasteiger charge is 2.10. The molecule has 2 N–H and O–H groups in total. The van der Waals surface area contributed by atoms with Crippen molar-refractivity contribution in [1.82, 2.24) is 9.36 Å². The van der Waals surface area contributed by atoms with Crippen molar-refractivity contribution >= 4 is 27.5 Å². The van der Waals surface area contributed by atoms with E-state index in [9.17, 15) is 0 Å². The number of nitrogens with two attached hydrogens (primary N) is 1. The van der Waals surface area contributed by atoms with Crippen molar-refractivity contribution in [3.8, 4) is 0 Å². The van der Waals surface area contributed by atoms with E-state index in [1.807, 2.05) is 17.5 Å². The molecule has 1 atom stereocenters. The summed E-state index contributed by atoms with van der Waals surface area (Å²) >= 11 is 4.76. The van der Waals surface area contributed by atoms with Crippen LogP contribution in [0.3, 0.4) is 0 Å². The molecule has 0 radical (unpaired) electrons. The van der Waals surface area contributed by atoms with Gasteiger partial charge in [0.1, 0.15) is 0 Å². The van der Waals surface area contributed by atoms with Gasteiger partial charge in [0.05, 0.1) is 11.7 Å². The molecule has 0 fully saturated rings. The molecule has 0 spiro atoms. The molecule has 0 saturated carbocycles. The topological polar surface area (TPSA) is 51.8 Å². The molecular weight excluding hydrogens is 262 g/mol. The molecule has 3 nitrogen and oxygen atoms in total. The summed E-state index contributed by atoms with van der Waals surface area (Å²) in [5, 5.41) is 1.92. The SMILES string of the molecule is NC(c1cncc(Br)c1)c1ccsn1. The maximum Gasteiger partial charge on any atom is 0.0755 e. The molecule has 0 bridgehead atoms. The van der Waals surface area contributed by atoms with Crippen LogP contribution in [0.15, 0.2) is 34.4 Å². The first-order chi connectivity index (χ1) is 6.77. The van der Waals surface area contributed by atoms with Crippen molar-refractivity contribution in [3.63, 3.8) is 0 Å². The number of halogens is 1. The van der Waals surface area contributed by atoms with Crippen LogP contribution in [0, 0.1) is 0 Å². The summed E-state index contributed by atoms with van der Waals surface area (Å²) < 4.78 is 5.13. The summed E-state index contributed by atoms with van der Waals surface area (Å²) in [7, 11) is 0. The van der Waals surface area contributed by atoms with E-state index in [1.165, 1.54) is 11.5 Å². The molecule has 2 aromatic rings. The molecule has 5 heteroatoms. The normalized spacial score (nSPS) is 12.7. The summed E-state index contributed by atoms with van der Waals surface area (Å²) in [6, 6.07) is 3.69. The first-order valence-corrected chi connectivity index (χ1v) is 5.66. The minimum absolute atomic E-state index is 0.189. The molecule has 2 rings (SSSR count). The molecule has 2 heterocycles. The van der Waals surface area contributed by atoms with Gasteiger partial charge in [0.2, 0.25) is 0 Å². The maximum absolute atomic E-state index is 6.01. The van der Waals surface area contributed by atoms with Gasteiger partial charge in [-0.2, -0.15) is 4.37 Å². The van der Waals surface area contributed by atoms with Crippen LogP contribution in [-0.4, -0.2) is 9.36 Å². The molecule has 0 aliphatic carbocycles. The van der Waals surface area contributed by atoms with Crippen LogP contribution < -0.4 is 5.73 Å². The van der Waals surface area contributed by atoms with Crippen molar-refractivity contribution in [2.45, 2.75) is 6.04 Å². The highest BCUT2D eigenvalue weighted by atomic mass is 79.9. The molecule has 0 amide bonds. The number of nitrogens with zero attached hydrogens (tertiary/aromatic N) is 2. The van der Waals surface area contributed by atoms with E-state index in [2.05, 4.69) is 25.3 Å². The fourth-order valence-corrected chi connectivity index (χ4v) is 2.09. The Morgan fingerprint density at radius 2 is 2.29 bits per heavy atom. The van der Waals surface area contributed by atoms with E-state index in [-0.39, 0.29) is 6.04 Å². The van der Waals surface area contributed by atoms with E-state index < -0.39 is 0 Å². The highest BCUT2D eigenvalue weighted by Crippen LogP contribution is 2.20. The lowest BCUT2D eigenvalue weighted by atomic mass is 10.1. The number of hydrogen-bond donors (Lipinski definition) is 1. The second-order valence-corrected chi connectivity index (χ2v) is 4.42. The van der Waals surface area contributed by atoms with Gasteiger partial charge in [-0.25, -0.2) is 0 Å². The Bertz CT molecular complexity index is 416. The summed E-state index contributed by atoms with van der Waals surface area (Å²) in [5.74, 6) is 0. The van der Waals surface area contributed by atoms with E-state index in [0.29, 0.717) is 0 Å². The number of rotatable bonds is 2. The Morgan fingerprint density at radius 3 is 2.93 bits per heavy atom. The fraction of sp³-hybridized carbons (Fsp3) is 0.111. The fourth-order valence-electron chi connectivity index (χ4n) is 1.15. The Hall–Kier alpha value is -0.780. The molecule has 14 heavy (non-hydrogen) atoms. The molecule has 0 aromatic carbocycles. The van der Waals surface area contributed by atoms with E-state index >= 15 is 0 Å². The predicted octanol–water partition coefficient (Wildman–Crippen LogP) is 2.35. The molecule has 0 aliphatic rings. The van der Waals surface area contributed by atoms with Crippen molar-refractivity contribution in [2.24, 2.45) is 5.73 Å². The monoisotopic (exact) mass is 269 g/mol. The lowest BCUT2D eigenvalue weighted by Gasteiger charge is -2.08. The van der Waals surface area contributed by atoms with Crippen LogP contribution in [0.25, 0.3) is 0 Å². The van der Waals surface area contributed by atoms with Gasteiger partial charge in [0, 0.05) is 22.2 Å². The van der Waals surface area contributed by atoms with Crippen LogP contribution in [0.5, 0.6) is 0 Å². The van der Waals surface area contributed by atoms with Gasteiger partial charge in [-0.1, -0.05) is 0 Å². The van der Waals surface area contributed by atoms with Crippen molar-refractivity contribution < 1.29 is 0 Å².